The van der Waals surface area contributed by atoms with E-state index in [4.69, 9.17) is 0 Å². The van der Waals surface area contributed by atoms with Crippen LogP contribution < -0.4 is 0 Å². The molecule has 3 amide bonds. The lowest BCUT2D eigenvalue weighted by atomic mass is 9.82. The number of hydrogen-bond acceptors (Lipinski definition) is 5. The number of nitrogens with zero attached hydrogens (tertiary/aromatic N) is 3. The van der Waals surface area contributed by atoms with Crippen LogP contribution in [0.1, 0.15) is 35.7 Å². The Balaban J connectivity index is 1.69. The first-order chi connectivity index (χ1) is 14.9. The molecule has 0 bridgehead atoms. The van der Waals surface area contributed by atoms with Gasteiger partial charge >= 0.3 is 0 Å². The zero-order valence-corrected chi connectivity index (χ0v) is 16.9. The molecule has 1 fully saturated rings. The Morgan fingerprint density at radius 1 is 1.06 bits per heavy atom. The summed E-state index contributed by atoms with van der Waals surface area (Å²) in [6, 6.07) is 14.2. The highest BCUT2D eigenvalue weighted by atomic mass is 16.6. The molecule has 0 radical (unpaired) electrons. The van der Waals surface area contributed by atoms with E-state index in [0.29, 0.717) is 12.8 Å². The van der Waals surface area contributed by atoms with E-state index < -0.39 is 22.7 Å². The topological polar surface area (TPSA) is 101 Å². The Morgan fingerprint density at radius 2 is 1.71 bits per heavy atom. The van der Waals surface area contributed by atoms with Crippen molar-refractivity contribution in [3.05, 3.63) is 87.5 Å². The largest absolute Gasteiger partial charge is 0.273 e. The van der Waals surface area contributed by atoms with Crippen LogP contribution >= 0.6 is 0 Å². The molecular formula is C23H21N3O5. The Kier molecular flexibility index (Phi) is 5.37. The van der Waals surface area contributed by atoms with Crippen LogP contribution in [0.3, 0.4) is 0 Å². The number of nitro benzene ring substituents is 1. The number of allylic oxidation sites excluding steroid dienone is 2. The molecule has 2 aromatic rings. The van der Waals surface area contributed by atoms with E-state index in [2.05, 4.69) is 0 Å². The molecule has 0 spiro atoms. The van der Waals surface area contributed by atoms with Gasteiger partial charge in [0.15, 0.2) is 0 Å². The molecule has 2 aliphatic rings. The quantitative estimate of drug-likeness (QED) is 0.320. The third-order valence-corrected chi connectivity index (χ3v) is 5.78. The fourth-order valence-corrected chi connectivity index (χ4v) is 4.12. The van der Waals surface area contributed by atoms with Gasteiger partial charge in [-0.2, -0.15) is 5.01 Å². The predicted octanol–water partition coefficient (Wildman–Crippen LogP) is 3.49. The standard InChI is InChI=1S/C23H21N3O5/c1-15-7-12-19-20(13-15)23(29)25(22(19)28)24(14-16-5-3-2-4-6-16)21(27)17-8-10-18(11-9-17)26(30)31/h2-11,19-20H,12-14H2,1H3/t19-,20-/m1/s1. The summed E-state index contributed by atoms with van der Waals surface area (Å²) in [5.74, 6) is -2.28. The molecule has 8 heteroatoms. The number of amides is 3. The molecule has 1 heterocycles. The number of carbonyl (C=O) groups is 3. The molecule has 1 aliphatic heterocycles. The van der Waals surface area contributed by atoms with E-state index >= 15 is 0 Å². The van der Waals surface area contributed by atoms with Crippen molar-refractivity contribution in [1.82, 2.24) is 10.0 Å². The van der Waals surface area contributed by atoms with E-state index in [1.807, 2.05) is 31.2 Å². The summed E-state index contributed by atoms with van der Waals surface area (Å²) < 4.78 is 0. The van der Waals surface area contributed by atoms with Crippen molar-refractivity contribution in [2.24, 2.45) is 11.8 Å². The number of carbonyl (C=O) groups excluding carboxylic acids is 3. The number of hydrogen-bond donors (Lipinski definition) is 0. The number of fused-ring (bicyclic) bond motifs is 1. The zero-order chi connectivity index (χ0) is 22.1. The zero-order valence-electron chi connectivity index (χ0n) is 16.9. The molecule has 0 aromatic heterocycles. The lowest BCUT2D eigenvalue weighted by molar-refractivity contribution is -0.384. The van der Waals surface area contributed by atoms with Crippen LogP contribution in [-0.4, -0.2) is 32.7 Å². The smallest absolute Gasteiger partial charge is 0.272 e. The minimum absolute atomic E-state index is 0.0278. The average molecular weight is 419 g/mol. The molecular weight excluding hydrogens is 398 g/mol. The van der Waals surface area contributed by atoms with Crippen molar-refractivity contribution in [1.29, 1.82) is 0 Å². The Bertz CT molecular complexity index is 1080. The molecule has 8 nitrogen and oxygen atoms in total. The maximum Gasteiger partial charge on any atom is 0.273 e. The van der Waals surface area contributed by atoms with E-state index in [0.717, 1.165) is 21.2 Å². The lowest BCUT2D eigenvalue weighted by Crippen LogP contribution is -2.49. The van der Waals surface area contributed by atoms with Crippen molar-refractivity contribution in [2.45, 2.75) is 26.3 Å². The van der Waals surface area contributed by atoms with E-state index in [9.17, 15) is 24.5 Å². The van der Waals surface area contributed by atoms with Gasteiger partial charge in [0.25, 0.3) is 23.4 Å². The predicted molar refractivity (Wildman–Crippen MR) is 111 cm³/mol. The molecule has 1 aliphatic carbocycles. The first kappa shape index (κ1) is 20.5. The number of rotatable bonds is 5. The van der Waals surface area contributed by atoms with Gasteiger partial charge in [-0.05, 0) is 37.5 Å². The maximum atomic E-state index is 13.4. The number of imide groups is 1. The van der Waals surface area contributed by atoms with Crippen molar-refractivity contribution in [3.63, 3.8) is 0 Å². The SMILES string of the molecule is CC1=CC[C@H]2C(=O)N(N(Cc3ccccc3)C(=O)c3ccc([N+](=O)[O-])cc3)C(=O)[C@@H]2C1. The second-order valence-electron chi connectivity index (χ2n) is 7.84. The van der Waals surface area contributed by atoms with Gasteiger partial charge in [0, 0.05) is 17.7 Å². The second kappa shape index (κ2) is 8.14. The molecule has 1 saturated heterocycles. The molecule has 158 valence electrons. The first-order valence-corrected chi connectivity index (χ1v) is 10.0. The summed E-state index contributed by atoms with van der Waals surface area (Å²) in [6.07, 6.45) is 2.94. The molecule has 2 aromatic carbocycles. The Hall–Kier alpha value is -3.81. The molecule has 0 N–H and O–H groups in total. The minimum atomic E-state index is -0.566. The number of non-ortho nitro benzene ring substituents is 1. The van der Waals surface area contributed by atoms with Crippen molar-refractivity contribution in [3.8, 4) is 0 Å². The summed E-state index contributed by atoms with van der Waals surface area (Å²) in [5, 5.41) is 13.1. The average Bonchev–Trinajstić information content (AvgIpc) is 3.02. The minimum Gasteiger partial charge on any atom is -0.272 e. The van der Waals surface area contributed by atoms with Gasteiger partial charge in [-0.1, -0.05) is 42.0 Å². The molecule has 0 saturated carbocycles. The first-order valence-electron chi connectivity index (χ1n) is 10.0. The van der Waals surface area contributed by atoms with Crippen LogP contribution in [0.5, 0.6) is 0 Å². The second-order valence-corrected chi connectivity index (χ2v) is 7.84. The Morgan fingerprint density at radius 3 is 2.35 bits per heavy atom. The third kappa shape index (κ3) is 3.84. The van der Waals surface area contributed by atoms with Gasteiger partial charge < -0.3 is 0 Å². The summed E-state index contributed by atoms with van der Waals surface area (Å²) in [7, 11) is 0. The van der Waals surface area contributed by atoms with Gasteiger partial charge in [-0.15, -0.1) is 0 Å². The van der Waals surface area contributed by atoms with Gasteiger partial charge in [-0.25, -0.2) is 5.01 Å². The van der Waals surface area contributed by atoms with E-state index in [1.165, 1.54) is 24.3 Å². The summed E-state index contributed by atoms with van der Waals surface area (Å²) in [4.78, 5) is 50.1. The fourth-order valence-electron chi connectivity index (χ4n) is 4.12. The van der Waals surface area contributed by atoms with Crippen LogP contribution in [0.2, 0.25) is 0 Å². The van der Waals surface area contributed by atoms with Gasteiger partial charge in [0.05, 0.1) is 23.3 Å². The van der Waals surface area contributed by atoms with Crippen LogP contribution in [0.25, 0.3) is 0 Å². The maximum absolute atomic E-state index is 13.4. The Labute approximate surface area is 178 Å². The van der Waals surface area contributed by atoms with Crippen LogP contribution in [-0.2, 0) is 16.1 Å². The fraction of sp³-hybridized carbons (Fsp3) is 0.261. The number of benzene rings is 2. The van der Waals surface area contributed by atoms with Crippen LogP contribution in [0.4, 0.5) is 5.69 Å². The van der Waals surface area contributed by atoms with E-state index in [-0.39, 0.29) is 29.6 Å². The third-order valence-electron chi connectivity index (χ3n) is 5.78. The summed E-state index contributed by atoms with van der Waals surface area (Å²) >= 11 is 0. The van der Waals surface area contributed by atoms with Gasteiger partial charge in [0.2, 0.25) is 0 Å². The highest BCUT2D eigenvalue weighted by molar-refractivity contribution is 6.08. The number of hydrazine groups is 1. The van der Waals surface area contributed by atoms with Crippen molar-refractivity contribution >= 4 is 23.4 Å². The lowest BCUT2D eigenvalue weighted by Gasteiger charge is -2.30. The van der Waals surface area contributed by atoms with Crippen LogP contribution in [0.15, 0.2) is 66.2 Å². The van der Waals surface area contributed by atoms with Crippen molar-refractivity contribution in [2.75, 3.05) is 0 Å². The normalized spacial score (nSPS) is 20.3. The highest BCUT2D eigenvalue weighted by Gasteiger charge is 2.51. The highest BCUT2D eigenvalue weighted by Crippen LogP contribution is 2.39. The van der Waals surface area contributed by atoms with Gasteiger partial charge in [-0.3, -0.25) is 24.5 Å². The monoisotopic (exact) mass is 419 g/mol. The van der Waals surface area contributed by atoms with E-state index in [1.54, 1.807) is 12.1 Å². The molecule has 0 unspecified atom stereocenters. The molecule has 2 atom stereocenters. The molecule has 31 heavy (non-hydrogen) atoms. The summed E-state index contributed by atoms with van der Waals surface area (Å²) in [6.45, 7) is 1.96. The number of nitro groups is 1. The van der Waals surface area contributed by atoms with Gasteiger partial charge in [0.1, 0.15) is 0 Å². The molecule has 4 rings (SSSR count). The summed E-state index contributed by atoms with van der Waals surface area (Å²) in [5.41, 5.74) is 1.82. The van der Waals surface area contributed by atoms with Crippen LogP contribution in [0, 0.1) is 22.0 Å². The van der Waals surface area contributed by atoms with Crippen molar-refractivity contribution < 1.29 is 19.3 Å².